The second-order valence-corrected chi connectivity index (χ2v) is 11.6. The lowest BCUT2D eigenvalue weighted by atomic mass is 9.98. The van der Waals surface area contributed by atoms with E-state index in [1.807, 2.05) is 54.6 Å². The number of benzene rings is 5. The zero-order chi connectivity index (χ0) is 31.2. The average molecular weight is 592 g/mol. The Bertz CT molecular complexity index is 2440. The van der Waals surface area contributed by atoms with Gasteiger partial charge in [0.15, 0.2) is 0 Å². The minimum Gasteiger partial charge on any atom is -0.358 e. The second kappa shape index (κ2) is 11.0. The van der Waals surface area contributed by atoms with Gasteiger partial charge in [-0.1, -0.05) is 91.0 Å². The number of nitriles is 1. The number of aromatic nitrogens is 4. The van der Waals surface area contributed by atoms with Gasteiger partial charge in [0, 0.05) is 45.2 Å². The van der Waals surface area contributed by atoms with E-state index in [1.165, 1.54) is 10.9 Å². The van der Waals surface area contributed by atoms with Gasteiger partial charge in [0.05, 0.1) is 33.9 Å². The Hall–Kier alpha value is -6.25. The van der Waals surface area contributed by atoms with E-state index < -0.39 is 0 Å². The molecule has 0 unspecified atom stereocenters. The minimum absolute atomic E-state index is 0.596. The molecule has 0 aliphatic carbocycles. The Morgan fingerprint density at radius 3 is 2.17 bits per heavy atom. The average Bonchev–Trinajstić information content (AvgIpc) is 3.65. The van der Waals surface area contributed by atoms with Gasteiger partial charge in [0.1, 0.15) is 5.82 Å². The van der Waals surface area contributed by atoms with Crippen LogP contribution in [-0.2, 0) is 0 Å². The maximum absolute atomic E-state index is 10.0. The van der Waals surface area contributed by atoms with E-state index in [0.29, 0.717) is 5.56 Å². The summed E-state index contributed by atoms with van der Waals surface area (Å²) in [6.07, 6.45) is 1.80. The van der Waals surface area contributed by atoms with Gasteiger partial charge in [-0.25, -0.2) is 4.98 Å². The number of imidazole rings is 1. The summed E-state index contributed by atoms with van der Waals surface area (Å²) < 4.78 is 2.26. The van der Waals surface area contributed by atoms with E-state index in [0.717, 1.165) is 72.8 Å². The predicted octanol–water partition coefficient (Wildman–Crippen LogP) is 10.1. The topological polar surface area (TPSA) is 70.3 Å². The van der Waals surface area contributed by atoms with Crippen LogP contribution in [0.15, 0.2) is 134 Å². The van der Waals surface area contributed by atoms with Gasteiger partial charge in [-0.05, 0) is 66.9 Å². The number of pyridine rings is 1. The fourth-order valence-corrected chi connectivity index (χ4v) is 6.42. The van der Waals surface area contributed by atoms with Crippen molar-refractivity contribution in [1.29, 1.82) is 5.26 Å². The molecule has 8 aromatic rings. The molecule has 0 fully saturated rings. The molecule has 8 rings (SSSR count). The van der Waals surface area contributed by atoms with Crippen molar-refractivity contribution in [3.05, 3.63) is 150 Å². The molecule has 0 bridgehead atoms. The van der Waals surface area contributed by atoms with Crippen LogP contribution in [0.5, 0.6) is 0 Å². The number of rotatable bonds is 5. The van der Waals surface area contributed by atoms with Crippen molar-refractivity contribution in [2.24, 2.45) is 0 Å². The molecule has 1 N–H and O–H groups in total. The van der Waals surface area contributed by atoms with Crippen LogP contribution in [0.4, 0.5) is 0 Å². The van der Waals surface area contributed by atoms with Crippen LogP contribution >= 0.6 is 0 Å². The lowest BCUT2D eigenvalue weighted by Gasteiger charge is -2.11. The third-order valence-corrected chi connectivity index (χ3v) is 8.86. The zero-order valence-corrected chi connectivity index (χ0v) is 25.5. The monoisotopic (exact) mass is 591 g/mol. The largest absolute Gasteiger partial charge is 0.358 e. The molecule has 0 saturated heterocycles. The summed E-state index contributed by atoms with van der Waals surface area (Å²) in [6.45, 7) is 4.28. The van der Waals surface area contributed by atoms with Crippen LogP contribution in [0, 0.1) is 25.2 Å². The molecular weight excluding hydrogens is 562 g/mol. The molecule has 3 heterocycles. The van der Waals surface area contributed by atoms with Crippen molar-refractivity contribution in [3.63, 3.8) is 0 Å². The molecule has 5 nitrogen and oxygen atoms in total. The molecule has 0 aliphatic heterocycles. The molecule has 3 aromatic heterocycles. The highest BCUT2D eigenvalue weighted by atomic mass is 15.1. The van der Waals surface area contributed by atoms with Crippen molar-refractivity contribution in [3.8, 4) is 56.7 Å². The van der Waals surface area contributed by atoms with E-state index in [2.05, 4.69) is 102 Å². The highest BCUT2D eigenvalue weighted by Gasteiger charge is 2.20. The Morgan fingerprint density at radius 2 is 1.37 bits per heavy atom. The molecule has 0 saturated carbocycles. The fraction of sp³-hybridized carbons (Fsp3) is 0.0488. The van der Waals surface area contributed by atoms with Gasteiger partial charge in [-0.3, -0.25) is 9.55 Å². The zero-order valence-electron chi connectivity index (χ0n) is 25.5. The van der Waals surface area contributed by atoms with Crippen molar-refractivity contribution >= 4 is 21.9 Å². The summed E-state index contributed by atoms with van der Waals surface area (Å²) in [5, 5.41) is 11.2. The molecule has 0 spiro atoms. The number of aryl methyl sites for hydroxylation is 2. The summed E-state index contributed by atoms with van der Waals surface area (Å²) in [5.74, 6) is 0.883. The van der Waals surface area contributed by atoms with Crippen molar-refractivity contribution in [2.75, 3.05) is 0 Å². The van der Waals surface area contributed by atoms with Gasteiger partial charge in [-0.15, -0.1) is 0 Å². The SMILES string of the molecule is Cc1[nH]c2c(-c3nc4c(-c5cccc(-c6cc(C#N)c(-c7ccccc7)cn6)c5)cccc4n3-c3ccccc3)cccc2c1C. The smallest absolute Gasteiger partial charge is 0.147 e. The molecule has 0 amide bonds. The van der Waals surface area contributed by atoms with Gasteiger partial charge in [0.2, 0.25) is 0 Å². The molecular formula is C41H29N5. The molecule has 218 valence electrons. The lowest BCUT2D eigenvalue weighted by Crippen LogP contribution is -1.97. The van der Waals surface area contributed by atoms with Crippen LogP contribution in [0.25, 0.3) is 72.5 Å². The van der Waals surface area contributed by atoms with E-state index >= 15 is 0 Å². The fourth-order valence-electron chi connectivity index (χ4n) is 6.42. The van der Waals surface area contributed by atoms with Crippen molar-refractivity contribution in [2.45, 2.75) is 13.8 Å². The number of nitrogens with zero attached hydrogens (tertiary/aromatic N) is 4. The first-order valence-electron chi connectivity index (χ1n) is 15.3. The highest BCUT2D eigenvalue weighted by Crippen LogP contribution is 2.38. The van der Waals surface area contributed by atoms with Crippen LogP contribution in [-0.4, -0.2) is 19.5 Å². The highest BCUT2D eigenvalue weighted by molar-refractivity contribution is 6.00. The summed E-state index contributed by atoms with van der Waals surface area (Å²) in [6, 6.07) is 45.7. The molecule has 46 heavy (non-hydrogen) atoms. The first kappa shape index (κ1) is 27.3. The summed E-state index contributed by atoms with van der Waals surface area (Å²) >= 11 is 0. The van der Waals surface area contributed by atoms with Crippen molar-refractivity contribution in [1.82, 2.24) is 19.5 Å². The number of hydrogen-bond acceptors (Lipinski definition) is 3. The Morgan fingerprint density at radius 1 is 0.674 bits per heavy atom. The minimum atomic E-state index is 0.596. The standard InChI is InChI=1S/C41H29N5/c1-26-27(2)44-39-33(26)18-10-20-35(39)41-45-40-34(19-11-21-38(40)46(41)32-16-7-4-8-17-32)29-14-9-15-30(22-29)37-23-31(24-42)36(25-43-37)28-12-5-3-6-13-28/h3-23,25,44H,1-2H3. The van der Waals surface area contributed by atoms with Crippen LogP contribution in [0.2, 0.25) is 0 Å². The maximum Gasteiger partial charge on any atom is 0.147 e. The summed E-state index contributed by atoms with van der Waals surface area (Å²) in [5.41, 5.74) is 13.7. The first-order valence-corrected chi connectivity index (χ1v) is 15.3. The van der Waals surface area contributed by atoms with Gasteiger partial charge < -0.3 is 4.98 Å². The number of nitrogens with one attached hydrogen (secondary N) is 1. The van der Waals surface area contributed by atoms with Gasteiger partial charge in [0.25, 0.3) is 0 Å². The molecule has 5 heteroatoms. The lowest BCUT2D eigenvalue weighted by molar-refractivity contribution is 1.10. The van der Waals surface area contributed by atoms with Crippen LogP contribution in [0.1, 0.15) is 16.8 Å². The molecule has 5 aromatic carbocycles. The third kappa shape index (κ3) is 4.47. The maximum atomic E-state index is 10.0. The van der Waals surface area contributed by atoms with E-state index in [1.54, 1.807) is 6.20 Å². The number of fused-ring (bicyclic) bond motifs is 2. The normalized spacial score (nSPS) is 11.2. The number of para-hydroxylation sites is 3. The van der Waals surface area contributed by atoms with Crippen LogP contribution in [0.3, 0.4) is 0 Å². The van der Waals surface area contributed by atoms with E-state index in [4.69, 9.17) is 9.97 Å². The summed E-state index contributed by atoms with van der Waals surface area (Å²) in [7, 11) is 0. The van der Waals surface area contributed by atoms with Gasteiger partial charge >= 0.3 is 0 Å². The molecule has 0 atom stereocenters. The Kier molecular flexibility index (Phi) is 6.55. The first-order chi connectivity index (χ1) is 22.6. The number of aromatic amines is 1. The molecule has 0 aliphatic rings. The van der Waals surface area contributed by atoms with Gasteiger partial charge in [-0.2, -0.15) is 5.26 Å². The quantitative estimate of drug-likeness (QED) is 0.216. The van der Waals surface area contributed by atoms with Crippen molar-refractivity contribution < 1.29 is 0 Å². The summed E-state index contributed by atoms with van der Waals surface area (Å²) in [4.78, 5) is 13.8. The Balaban J connectivity index is 1.31. The number of H-pyrrole nitrogens is 1. The van der Waals surface area contributed by atoms with E-state index in [9.17, 15) is 5.26 Å². The molecule has 0 radical (unpaired) electrons. The number of hydrogen-bond donors (Lipinski definition) is 1. The van der Waals surface area contributed by atoms with Crippen LogP contribution < -0.4 is 0 Å². The predicted molar refractivity (Wildman–Crippen MR) is 187 cm³/mol. The third-order valence-electron chi connectivity index (χ3n) is 8.86. The van der Waals surface area contributed by atoms with E-state index in [-0.39, 0.29) is 0 Å². The second-order valence-electron chi connectivity index (χ2n) is 11.6. The Labute approximate surface area is 267 Å².